The van der Waals surface area contributed by atoms with Crippen molar-refractivity contribution < 1.29 is 18.3 Å². The van der Waals surface area contributed by atoms with E-state index in [1.165, 1.54) is 19.1 Å². The summed E-state index contributed by atoms with van der Waals surface area (Å²) in [5, 5.41) is 15.4. The van der Waals surface area contributed by atoms with Crippen molar-refractivity contribution in [3.05, 3.63) is 70.6 Å². The molecular weight excluding hydrogens is 576 g/mol. The van der Waals surface area contributed by atoms with Crippen molar-refractivity contribution in [2.45, 2.75) is 112 Å². The van der Waals surface area contributed by atoms with Crippen LogP contribution in [0.5, 0.6) is 5.75 Å². The lowest BCUT2D eigenvalue weighted by Gasteiger charge is -2.25. The van der Waals surface area contributed by atoms with E-state index < -0.39 is 6.61 Å². The molecular formula is C36H55F2N3O2S. The molecule has 0 amide bonds. The summed E-state index contributed by atoms with van der Waals surface area (Å²) in [6.45, 7) is 19.1. The van der Waals surface area contributed by atoms with Gasteiger partial charge in [-0.25, -0.2) is 0 Å². The Labute approximate surface area is 270 Å². The minimum atomic E-state index is -2.76. The van der Waals surface area contributed by atoms with Crippen LogP contribution in [0, 0.1) is 23.7 Å². The van der Waals surface area contributed by atoms with E-state index in [0.717, 1.165) is 70.4 Å². The quantitative estimate of drug-likeness (QED) is 0.180. The Morgan fingerprint density at radius 2 is 1.80 bits per heavy atom. The number of aromatic nitrogens is 1. The van der Waals surface area contributed by atoms with Gasteiger partial charge in [0.05, 0.1) is 24.2 Å². The Morgan fingerprint density at radius 1 is 1.14 bits per heavy atom. The average Bonchev–Trinajstić information content (AvgIpc) is 2.96. The molecule has 0 aliphatic carbocycles. The largest absolute Gasteiger partial charge is 0.435 e. The van der Waals surface area contributed by atoms with Gasteiger partial charge in [-0.05, 0) is 81.8 Å². The topological polar surface area (TPSA) is 79.1 Å². The molecule has 1 saturated heterocycles. The van der Waals surface area contributed by atoms with Crippen LogP contribution >= 0.6 is 11.8 Å². The van der Waals surface area contributed by atoms with E-state index in [2.05, 4.69) is 42.6 Å². The molecule has 8 heteroatoms. The number of aryl methyl sites for hydroxylation is 2. The molecule has 1 atom stereocenters. The highest BCUT2D eigenvalue weighted by Crippen LogP contribution is 2.32. The number of alkyl halides is 2. The first kappa shape index (κ1) is 41.2. The number of rotatable bonds is 12. The van der Waals surface area contributed by atoms with Crippen LogP contribution in [-0.2, 0) is 11.2 Å². The minimum absolute atomic E-state index is 0.293. The molecule has 0 bridgehead atoms. The number of benzene rings is 1. The number of hydrogen-bond donors (Lipinski definition) is 2. The van der Waals surface area contributed by atoms with Crippen molar-refractivity contribution in [3.63, 3.8) is 0 Å². The molecule has 1 aliphatic heterocycles. The van der Waals surface area contributed by atoms with Crippen LogP contribution in [0.3, 0.4) is 0 Å². The molecule has 1 aliphatic rings. The van der Waals surface area contributed by atoms with E-state index in [-0.39, 0.29) is 0 Å². The maximum absolute atomic E-state index is 12.3. The van der Waals surface area contributed by atoms with Gasteiger partial charge in [0.15, 0.2) is 0 Å². The molecule has 1 aromatic heterocycles. The summed E-state index contributed by atoms with van der Waals surface area (Å²) >= 11 is 1.73. The Bertz CT molecular complexity index is 1190. The van der Waals surface area contributed by atoms with Crippen LogP contribution in [0.2, 0.25) is 0 Å². The Hall–Kier alpha value is -2.84. The Balaban J connectivity index is 0.000000654. The third kappa shape index (κ3) is 15.8. The second kappa shape index (κ2) is 23.5. The van der Waals surface area contributed by atoms with Crippen molar-refractivity contribution in [1.29, 1.82) is 10.8 Å². The highest BCUT2D eigenvalue weighted by atomic mass is 32.2. The summed E-state index contributed by atoms with van der Waals surface area (Å²) in [5.74, 6) is 1.07. The zero-order valence-corrected chi connectivity index (χ0v) is 29.3. The first-order valence-electron chi connectivity index (χ1n) is 15.7. The van der Waals surface area contributed by atoms with Crippen molar-refractivity contribution in [2.75, 3.05) is 13.2 Å². The van der Waals surface area contributed by atoms with Gasteiger partial charge in [0.25, 0.3) is 0 Å². The van der Waals surface area contributed by atoms with Crippen molar-refractivity contribution in [1.82, 2.24) is 4.98 Å². The summed E-state index contributed by atoms with van der Waals surface area (Å²) in [4.78, 5) is 5.39. The van der Waals surface area contributed by atoms with Gasteiger partial charge in [-0.2, -0.15) is 8.78 Å². The molecule has 5 nitrogen and oxygen atoms in total. The van der Waals surface area contributed by atoms with E-state index >= 15 is 0 Å². The fourth-order valence-corrected chi connectivity index (χ4v) is 4.92. The molecule has 1 fully saturated rings. The second-order valence-electron chi connectivity index (χ2n) is 10.5. The first-order valence-corrected chi connectivity index (χ1v) is 16.5. The van der Waals surface area contributed by atoms with Crippen molar-refractivity contribution in [3.8, 4) is 5.75 Å². The number of halogens is 2. The maximum atomic E-state index is 12.3. The monoisotopic (exact) mass is 631 g/mol. The number of nitrogens with one attached hydrogen (secondary N) is 2. The maximum Gasteiger partial charge on any atom is 0.387 e. The van der Waals surface area contributed by atoms with Crippen molar-refractivity contribution >= 4 is 29.3 Å². The van der Waals surface area contributed by atoms with E-state index in [1.54, 1.807) is 30.9 Å². The lowest BCUT2D eigenvalue weighted by atomic mass is 10.0. The fraction of sp³-hybridized carbons (Fsp3) is 0.528. The smallest absolute Gasteiger partial charge is 0.387 e. The molecule has 1 aromatic carbocycles. The lowest BCUT2D eigenvalue weighted by Crippen LogP contribution is -2.30. The summed E-state index contributed by atoms with van der Waals surface area (Å²) in [5.41, 5.74) is 5.98. The number of ether oxygens (including phenoxy) is 2. The Morgan fingerprint density at radius 3 is 2.23 bits per heavy atom. The van der Waals surface area contributed by atoms with Gasteiger partial charge in [0.1, 0.15) is 5.75 Å². The van der Waals surface area contributed by atoms with Crippen molar-refractivity contribution in [2.24, 2.45) is 5.92 Å². The van der Waals surface area contributed by atoms with E-state index in [9.17, 15) is 8.78 Å². The van der Waals surface area contributed by atoms with Crippen LogP contribution < -0.4 is 4.74 Å². The number of pyridine rings is 1. The van der Waals surface area contributed by atoms with Gasteiger partial charge in [0.2, 0.25) is 0 Å². The van der Waals surface area contributed by atoms with Gasteiger partial charge in [-0.3, -0.25) is 4.98 Å². The minimum Gasteiger partial charge on any atom is -0.435 e. The molecule has 44 heavy (non-hydrogen) atoms. The lowest BCUT2D eigenvalue weighted by molar-refractivity contribution is -0.0504. The molecule has 2 aromatic rings. The SMILES string of the molecule is CC.CC(=N)c1cnc(C(C=N)=C(C)C)cc1C.CC/C=C\C(C)CC.CCCc1cc(SC2COC2)ccc1OC(F)F. The number of thioether (sulfide) groups is 1. The van der Waals surface area contributed by atoms with E-state index in [0.29, 0.717) is 16.7 Å². The van der Waals surface area contributed by atoms with Gasteiger partial charge in [-0.1, -0.05) is 72.1 Å². The van der Waals surface area contributed by atoms with Gasteiger partial charge in [-0.15, -0.1) is 11.8 Å². The van der Waals surface area contributed by atoms with Gasteiger partial charge in [0, 0.05) is 34.2 Å². The molecule has 0 spiro atoms. The highest BCUT2D eigenvalue weighted by Gasteiger charge is 2.20. The third-order valence-electron chi connectivity index (χ3n) is 6.50. The zero-order chi connectivity index (χ0) is 33.7. The average molecular weight is 632 g/mol. The van der Waals surface area contributed by atoms with Crippen LogP contribution in [0.15, 0.2) is 53.1 Å². The Kier molecular flexibility index (Phi) is 22.0. The fourth-order valence-electron chi connectivity index (χ4n) is 3.85. The number of hydrogen-bond acceptors (Lipinski definition) is 6. The van der Waals surface area contributed by atoms with E-state index in [1.807, 2.05) is 59.7 Å². The molecule has 0 saturated carbocycles. The van der Waals surface area contributed by atoms with Crippen LogP contribution in [-0.4, -0.2) is 42.0 Å². The number of nitrogens with zero attached hydrogens (tertiary/aromatic N) is 1. The first-order chi connectivity index (χ1) is 21.0. The molecule has 2 N–H and O–H groups in total. The molecule has 246 valence electrons. The number of allylic oxidation sites excluding steroid dienone is 4. The van der Waals surface area contributed by atoms with E-state index in [4.69, 9.17) is 15.6 Å². The predicted octanol–water partition coefficient (Wildman–Crippen LogP) is 11.0. The predicted molar refractivity (Wildman–Crippen MR) is 186 cm³/mol. The second-order valence-corrected chi connectivity index (χ2v) is 11.8. The summed E-state index contributed by atoms with van der Waals surface area (Å²) in [7, 11) is 0. The summed E-state index contributed by atoms with van der Waals surface area (Å²) in [6.07, 6.45) is 11.6. The summed E-state index contributed by atoms with van der Waals surface area (Å²) in [6, 6.07) is 7.35. The van der Waals surface area contributed by atoms with Crippen LogP contribution in [0.1, 0.15) is 104 Å². The van der Waals surface area contributed by atoms with Gasteiger partial charge >= 0.3 is 6.61 Å². The molecule has 2 heterocycles. The van der Waals surface area contributed by atoms with Gasteiger partial charge < -0.3 is 20.3 Å². The standard InChI is InChI=1S/C13H16F2O2S.C13H17N3.C8H16.C2H6/c1-2-3-9-6-10(18-11-7-16-8-11)4-5-12(9)17-13(14)15;1-8(2)11(6-14)13-5-9(3)12(7-16-13)10(4)15;1-4-6-7-8(3)5-2;1-2/h4-6,11,13H,2-3,7-8H2,1H3;5-7,14-15H,1-4H3;6-8H,4-5H2,1-3H3;1-2H3/b;;7-6-;. The zero-order valence-electron chi connectivity index (χ0n) is 28.5. The van der Waals surface area contributed by atoms with Crippen LogP contribution in [0.25, 0.3) is 5.57 Å². The molecule has 0 radical (unpaired) electrons. The van der Waals surface area contributed by atoms with Crippen LogP contribution in [0.4, 0.5) is 8.78 Å². The highest BCUT2D eigenvalue weighted by molar-refractivity contribution is 8.00. The molecule has 1 unspecified atom stereocenters. The summed E-state index contributed by atoms with van der Waals surface area (Å²) < 4.78 is 34.2. The molecule has 3 rings (SSSR count). The third-order valence-corrected chi connectivity index (χ3v) is 7.63. The normalized spacial score (nSPS) is 12.8.